The lowest BCUT2D eigenvalue weighted by molar-refractivity contribution is -0.122. The molecule has 0 radical (unpaired) electrons. The third kappa shape index (κ3) is 4.55. The van der Waals surface area contributed by atoms with Crippen LogP contribution in [0.2, 0.25) is 5.02 Å². The average molecular weight is 424 g/mol. The molecule has 0 saturated heterocycles. The lowest BCUT2D eigenvalue weighted by Gasteiger charge is -2.16. The van der Waals surface area contributed by atoms with E-state index in [1.54, 1.807) is 12.1 Å². The molecule has 0 aliphatic heterocycles. The number of halogens is 1. The number of nitrogens with one attached hydrogen (secondary N) is 1. The third-order valence-electron chi connectivity index (χ3n) is 4.41. The molecule has 1 amide bonds. The Kier molecular flexibility index (Phi) is 5.74. The van der Waals surface area contributed by atoms with E-state index in [1.807, 2.05) is 61.5 Å². The van der Waals surface area contributed by atoms with E-state index in [2.05, 4.69) is 15.5 Å². The highest BCUT2D eigenvalue weighted by Gasteiger charge is 2.20. The monoisotopic (exact) mass is 423 g/mol. The predicted molar refractivity (Wildman–Crippen MR) is 118 cm³/mol. The lowest BCUT2D eigenvalue weighted by atomic mass is 10.1. The summed E-state index contributed by atoms with van der Waals surface area (Å²) in [5.74, 6) is 0.407. The van der Waals surface area contributed by atoms with Crippen molar-refractivity contribution in [2.75, 3.05) is 5.32 Å². The van der Waals surface area contributed by atoms with Crippen LogP contribution >= 0.6 is 22.9 Å². The van der Waals surface area contributed by atoms with Crippen molar-refractivity contribution in [3.63, 3.8) is 0 Å². The molecule has 0 spiro atoms. The van der Waals surface area contributed by atoms with Crippen LogP contribution in [0.25, 0.3) is 21.3 Å². The van der Waals surface area contributed by atoms with E-state index in [9.17, 15) is 4.79 Å². The van der Waals surface area contributed by atoms with Gasteiger partial charge in [-0.05, 0) is 41.5 Å². The van der Waals surface area contributed by atoms with E-state index < -0.39 is 6.10 Å². The summed E-state index contributed by atoms with van der Waals surface area (Å²) in [6.07, 6.45) is -0.0966. The predicted octanol–water partition coefficient (Wildman–Crippen LogP) is 5.81. The van der Waals surface area contributed by atoms with Crippen molar-refractivity contribution >= 4 is 44.7 Å². The number of rotatable bonds is 6. The van der Waals surface area contributed by atoms with Gasteiger partial charge in [0.2, 0.25) is 5.13 Å². The van der Waals surface area contributed by atoms with Gasteiger partial charge in [-0.25, -0.2) is 0 Å². The number of nitrogens with zero attached hydrogens (tertiary/aromatic N) is 2. The molecule has 0 unspecified atom stereocenters. The Balaban J connectivity index is 1.45. The Labute approximate surface area is 177 Å². The van der Waals surface area contributed by atoms with Gasteiger partial charge in [-0.15, -0.1) is 10.2 Å². The van der Waals surface area contributed by atoms with Crippen LogP contribution in [-0.2, 0) is 4.79 Å². The van der Waals surface area contributed by atoms with Gasteiger partial charge >= 0.3 is 0 Å². The molecule has 0 bridgehead atoms. The van der Waals surface area contributed by atoms with Gasteiger partial charge in [-0.3, -0.25) is 10.1 Å². The summed E-state index contributed by atoms with van der Waals surface area (Å²) < 4.78 is 5.94. The highest BCUT2D eigenvalue weighted by molar-refractivity contribution is 7.18. The maximum atomic E-state index is 12.7. The molecule has 0 saturated carbocycles. The molecule has 1 atom stereocenters. The zero-order chi connectivity index (χ0) is 20.2. The van der Waals surface area contributed by atoms with Crippen LogP contribution in [0.4, 0.5) is 5.13 Å². The third-order valence-corrected chi connectivity index (χ3v) is 5.55. The number of hydrogen-bond donors (Lipinski definition) is 1. The fourth-order valence-electron chi connectivity index (χ4n) is 2.90. The van der Waals surface area contributed by atoms with Crippen molar-refractivity contribution in [3.8, 4) is 16.3 Å². The van der Waals surface area contributed by atoms with Crippen molar-refractivity contribution in [1.82, 2.24) is 10.2 Å². The van der Waals surface area contributed by atoms with Crippen LogP contribution in [0.15, 0.2) is 66.7 Å². The second-order valence-corrected chi connectivity index (χ2v) is 7.85. The van der Waals surface area contributed by atoms with E-state index in [0.29, 0.717) is 27.3 Å². The van der Waals surface area contributed by atoms with E-state index >= 15 is 0 Å². The number of fused-ring (bicyclic) bond motifs is 1. The van der Waals surface area contributed by atoms with Crippen LogP contribution < -0.4 is 10.1 Å². The molecule has 1 aromatic heterocycles. The zero-order valence-corrected chi connectivity index (χ0v) is 17.2. The highest BCUT2D eigenvalue weighted by atomic mass is 35.5. The number of ether oxygens (including phenoxy) is 1. The smallest absolute Gasteiger partial charge is 0.267 e. The number of anilines is 1. The fourth-order valence-corrected chi connectivity index (χ4v) is 3.77. The van der Waals surface area contributed by atoms with Crippen LogP contribution in [0.1, 0.15) is 13.3 Å². The number of benzene rings is 3. The highest BCUT2D eigenvalue weighted by Crippen LogP contribution is 2.28. The van der Waals surface area contributed by atoms with Gasteiger partial charge in [-0.1, -0.05) is 72.3 Å². The summed E-state index contributed by atoms with van der Waals surface area (Å²) in [5.41, 5.74) is 0.895. The van der Waals surface area contributed by atoms with Crippen molar-refractivity contribution in [3.05, 3.63) is 71.8 Å². The molecule has 4 rings (SSSR count). The molecular weight excluding hydrogens is 406 g/mol. The number of hydrogen-bond acceptors (Lipinski definition) is 5. The van der Waals surface area contributed by atoms with Crippen molar-refractivity contribution in [2.24, 2.45) is 0 Å². The topological polar surface area (TPSA) is 64.1 Å². The quantitative estimate of drug-likeness (QED) is 0.425. The molecule has 7 heteroatoms. The lowest BCUT2D eigenvalue weighted by Crippen LogP contribution is -2.32. The molecule has 29 heavy (non-hydrogen) atoms. The first-order valence-electron chi connectivity index (χ1n) is 9.18. The summed E-state index contributed by atoms with van der Waals surface area (Å²) in [6.45, 7) is 1.91. The molecule has 0 aliphatic rings. The average Bonchev–Trinajstić information content (AvgIpc) is 3.20. The Bertz CT molecular complexity index is 1140. The first kappa shape index (κ1) is 19.4. The molecule has 4 aromatic rings. The number of carbonyl (C=O) groups is 1. The van der Waals surface area contributed by atoms with Gasteiger partial charge in [0.05, 0.1) is 0 Å². The Morgan fingerprint density at radius 1 is 1.07 bits per heavy atom. The fraction of sp³-hybridized carbons (Fsp3) is 0.136. The maximum absolute atomic E-state index is 12.7. The minimum Gasteiger partial charge on any atom is -0.481 e. The van der Waals surface area contributed by atoms with Crippen LogP contribution in [0.3, 0.4) is 0 Å². The zero-order valence-electron chi connectivity index (χ0n) is 15.6. The Hall–Kier alpha value is -2.96. The Morgan fingerprint density at radius 3 is 2.59 bits per heavy atom. The second kappa shape index (κ2) is 8.59. The van der Waals surface area contributed by atoms with E-state index in [-0.39, 0.29) is 5.91 Å². The summed E-state index contributed by atoms with van der Waals surface area (Å²) in [7, 11) is 0. The van der Waals surface area contributed by atoms with E-state index in [0.717, 1.165) is 16.3 Å². The van der Waals surface area contributed by atoms with Crippen LogP contribution in [0.5, 0.6) is 5.75 Å². The first-order valence-corrected chi connectivity index (χ1v) is 10.4. The minimum absolute atomic E-state index is 0.250. The van der Waals surface area contributed by atoms with Crippen molar-refractivity contribution < 1.29 is 9.53 Å². The Morgan fingerprint density at radius 2 is 1.83 bits per heavy atom. The van der Waals surface area contributed by atoms with Gasteiger partial charge < -0.3 is 4.74 Å². The summed E-state index contributed by atoms with van der Waals surface area (Å²) in [6, 6.07) is 21.1. The molecule has 1 N–H and O–H groups in total. The van der Waals surface area contributed by atoms with E-state index in [1.165, 1.54) is 11.3 Å². The minimum atomic E-state index is -0.626. The van der Waals surface area contributed by atoms with Crippen LogP contribution in [-0.4, -0.2) is 22.2 Å². The SMILES string of the molecule is CC[C@@H](Oc1ccc2ccccc2c1)C(=O)Nc1nnc(-c2ccc(Cl)cc2)s1. The second-order valence-electron chi connectivity index (χ2n) is 6.43. The van der Waals surface area contributed by atoms with E-state index in [4.69, 9.17) is 16.3 Å². The van der Waals surface area contributed by atoms with Gasteiger partial charge in [-0.2, -0.15) is 0 Å². The normalized spacial score (nSPS) is 11.9. The molecule has 3 aromatic carbocycles. The molecule has 146 valence electrons. The van der Waals surface area contributed by atoms with Crippen molar-refractivity contribution in [2.45, 2.75) is 19.4 Å². The number of carbonyl (C=O) groups excluding carboxylic acids is 1. The standard InChI is InChI=1S/C22H18ClN3O2S/c1-2-19(28-18-12-9-14-5-3-4-6-16(14)13-18)20(27)24-22-26-25-21(29-22)15-7-10-17(23)11-8-15/h3-13,19H,2H2,1H3,(H,24,26,27)/t19-/m1/s1. The van der Waals surface area contributed by atoms with Gasteiger partial charge in [0.1, 0.15) is 10.8 Å². The maximum Gasteiger partial charge on any atom is 0.267 e. The van der Waals surface area contributed by atoms with Crippen molar-refractivity contribution in [1.29, 1.82) is 0 Å². The van der Waals surface area contributed by atoms with Gasteiger partial charge in [0.25, 0.3) is 5.91 Å². The summed E-state index contributed by atoms with van der Waals surface area (Å²) in [4.78, 5) is 12.7. The molecular formula is C22H18ClN3O2S. The number of amides is 1. The molecule has 5 nitrogen and oxygen atoms in total. The summed E-state index contributed by atoms with van der Waals surface area (Å²) >= 11 is 7.22. The molecule has 0 aliphatic carbocycles. The summed E-state index contributed by atoms with van der Waals surface area (Å²) in [5, 5.41) is 15.0. The first-order chi connectivity index (χ1) is 14.1. The van der Waals surface area contributed by atoms with Crippen LogP contribution in [0, 0.1) is 0 Å². The van der Waals surface area contributed by atoms with Gasteiger partial charge in [0.15, 0.2) is 6.10 Å². The number of aromatic nitrogens is 2. The molecule has 1 heterocycles. The molecule has 0 fully saturated rings. The largest absolute Gasteiger partial charge is 0.481 e. The van der Waals surface area contributed by atoms with Gasteiger partial charge in [0, 0.05) is 10.6 Å².